The van der Waals surface area contributed by atoms with E-state index in [1.165, 1.54) is 0 Å². The second-order valence-corrected chi connectivity index (χ2v) is 6.24. The molecule has 0 amide bonds. The minimum atomic E-state index is -0.959. The first kappa shape index (κ1) is 15.4. The number of carboxylic acid groups (broad SMARTS) is 1. The topological polar surface area (TPSA) is 49.3 Å². The van der Waals surface area contributed by atoms with Gasteiger partial charge in [-0.05, 0) is 67.8 Å². The second-order valence-electron chi connectivity index (χ2n) is 4.10. The molecule has 6 heteroatoms. The first-order valence-corrected chi connectivity index (χ1v) is 7.63. The maximum Gasteiger partial charge on any atom is 0.330 e. The molecule has 0 bridgehead atoms. The van der Waals surface area contributed by atoms with E-state index in [9.17, 15) is 9.90 Å². The van der Waals surface area contributed by atoms with E-state index in [2.05, 4.69) is 37.2 Å². The van der Waals surface area contributed by atoms with Crippen molar-refractivity contribution in [3.63, 3.8) is 0 Å². The van der Waals surface area contributed by atoms with Crippen LogP contribution in [0.15, 0.2) is 51.4 Å². The molecule has 2 rings (SSSR count). The predicted octanol–water partition coefficient (Wildman–Crippen LogP) is 5.10. The van der Waals surface area contributed by atoms with E-state index in [-0.39, 0.29) is 0 Å². The highest BCUT2D eigenvalue weighted by Gasteiger charge is 2.20. The third-order valence-corrected chi connectivity index (χ3v) is 4.77. The highest BCUT2D eigenvalue weighted by atomic mass is 79.9. The number of anilines is 1. The molecule has 1 atom stereocenters. The maximum atomic E-state index is 11.5. The van der Waals surface area contributed by atoms with E-state index < -0.39 is 12.0 Å². The van der Waals surface area contributed by atoms with Gasteiger partial charge in [0.25, 0.3) is 0 Å². The van der Waals surface area contributed by atoms with E-state index in [4.69, 9.17) is 11.6 Å². The summed E-state index contributed by atoms with van der Waals surface area (Å²) in [6.07, 6.45) is 0. The van der Waals surface area contributed by atoms with Crippen LogP contribution < -0.4 is 5.32 Å². The molecule has 2 N–H and O–H groups in total. The number of hydrogen-bond acceptors (Lipinski definition) is 2. The number of carboxylic acids is 1. The van der Waals surface area contributed by atoms with Crippen LogP contribution in [-0.2, 0) is 4.79 Å². The average Bonchev–Trinajstić information content (AvgIpc) is 2.39. The molecule has 20 heavy (non-hydrogen) atoms. The molecule has 1 unspecified atom stereocenters. The van der Waals surface area contributed by atoms with Crippen LogP contribution in [0.5, 0.6) is 0 Å². The maximum absolute atomic E-state index is 11.5. The lowest BCUT2D eigenvalue weighted by molar-refractivity contribution is -0.138. The van der Waals surface area contributed by atoms with E-state index in [0.717, 1.165) is 8.95 Å². The van der Waals surface area contributed by atoms with Gasteiger partial charge in [0.2, 0.25) is 0 Å². The van der Waals surface area contributed by atoms with Gasteiger partial charge in [-0.1, -0.05) is 23.7 Å². The molecule has 0 fully saturated rings. The quantitative estimate of drug-likeness (QED) is 0.725. The summed E-state index contributed by atoms with van der Waals surface area (Å²) in [5.41, 5.74) is 1.30. The second kappa shape index (κ2) is 6.61. The molecule has 0 saturated carbocycles. The van der Waals surface area contributed by atoms with Crippen molar-refractivity contribution < 1.29 is 9.90 Å². The third kappa shape index (κ3) is 3.75. The first-order chi connectivity index (χ1) is 9.47. The van der Waals surface area contributed by atoms with Gasteiger partial charge in [0.05, 0.1) is 0 Å². The average molecular weight is 420 g/mol. The monoisotopic (exact) mass is 417 g/mol. The smallest absolute Gasteiger partial charge is 0.330 e. The van der Waals surface area contributed by atoms with Crippen LogP contribution in [0.3, 0.4) is 0 Å². The molecule has 0 aliphatic heterocycles. The van der Waals surface area contributed by atoms with Crippen molar-refractivity contribution in [3.05, 3.63) is 62.0 Å². The molecular weight excluding hydrogens is 409 g/mol. The van der Waals surface area contributed by atoms with Gasteiger partial charge < -0.3 is 10.4 Å². The fourth-order valence-corrected chi connectivity index (χ4v) is 2.56. The molecule has 0 aromatic heterocycles. The zero-order chi connectivity index (χ0) is 14.7. The van der Waals surface area contributed by atoms with Gasteiger partial charge >= 0.3 is 5.97 Å². The van der Waals surface area contributed by atoms with Crippen molar-refractivity contribution in [1.29, 1.82) is 0 Å². The number of rotatable bonds is 4. The largest absolute Gasteiger partial charge is 0.479 e. The summed E-state index contributed by atoms with van der Waals surface area (Å²) in [6, 6.07) is 11.4. The Labute approximate surface area is 138 Å². The van der Waals surface area contributed by atoms with E-state index in [1.807, 2.05) is 0 Å². The highest BCUT2D eigenvalue weighted by Crippen LogP contribution is 2.28. The van der Waals surface area contributed by atoms with Crippen molar-refractivity contribution in [2.75, 3.05) is 5.32 Å². The van der Waals surface area contributed by atoms with Gasteiger partial charge in [-0.25, -0.2) is 4.79 Å². The molecule has 0 heterocycles. The Morgan fingerprint density at radius 2 is 1.90 bits per heavy atom. The molecule has 0 saturated heterocycles. The molecule has 2 aromatic carbocycles. The number of halogens is 3. The van der Waals surface area contributed by atoms with Crippen LogP contribution in [0, 0.1) is 0 Å². The molecule has 3 nitrogen and oxygen atoms in total. The Morgan fingerprint density at radius 1 is 1.15 bits per heavy atom. The SMILES string of the molecule is O=C(O)C(Nc1cccc(Cl)c1)c1ccc(Br)c(Br)c1. The number of aliphatic carboxylic acids is 1. The van der Waals surface area contributed by atoms with Crippen LogP contribution >= 0.6 is 43.5 Å². The summed E-state index contributed by atoms with van der Waals surface area (Å²) in [5.74, 6) is -0.959. The van der Waals surface area contributed by atoms with Crippen molar-refractivity contribution in [2.45, 2.75) is 6.04 Å². The Balaban J connectivity index is 2.32. The predicted molar refractivity (Wildman–Crippen MR) is 87.3 cm³/mol. The molecule has 0 radical (unpaired) electrons. The van der Waals surface area contributed by atoms with Gasteiger partial charge in [0, 0.05) is 19.7 Å². The Kier molecular flexibility index (Phi) is 5.07. The van der Waals surface area contributed by atoms with Crippen molar-refractivity contribution in [3.8, 4) is 0 Å². The lowest BCUT2D eigenvalue weighted by Crippen LogP contribution is -2.20. The van der Waals surface area contributed by atoms with Gasteiger partial charge in [0.1, 0.15) is 0 Å². The Hall–Kier alpha value is -1.04. The molecule has 0 aliphatic carbocycles. The molecule has 0 spiro atoms. The van der Waals surface area contributed by atoms with Gasteiger partial charge in [-0.15, -0.1) is 0 Å². The zero-order valence-electron chi connectivity index (χ0n) is 10.1. The van der Waals surface area contributed by atoms with Crippen LogP contribution in [0.25, 0.3) is 0 Å². The summed E-state index contributed by atoms with van der Waals surface area (Å²) in [5, 5.41) is 12.9. The standard InChI is InChI=1S/C14H10Br2ClNO2/c15-11-5-4-8(6-12(11)16)13(14(19)20)18-10-3-1-2-9(17)7-10/h1-7,13,18H,(H,19,20). The Bertz CT molecular complexity index is 649. The minimum Gasteiger partial charge on any atom is -0.479 e. The normalized spacial score (nSPS) is 11.9. The zero-order valence-corrected chi connectivity index (χ0v) is 14.0. The summed E-state index contributed by atoms with van der Waals surface area (Å²) in [4.78, 5) is 11.5. The van der Waals surface area contributed by atoms with Gasteiger partial charge in [0.15, 0.2) is 6.04 Å². The number of carbonyl (C=O) groups is 1. The van der Waals surface area contributed by atoms with Crippen LogP contribution in [-0.4, -0.2) is 11.1 Å². The molecule has 0 aliphatic rings. The third-order valence-electron chi connectivity index (χ3n) is 2.66. The lowest BCUT2D eigenvalue weighted by atomic mass is 10.1. The van der Waals surface area contributed by atoms with E-state index in [1.54, 1.807) is 42.5 Å². The first-order valence-electron chi connectivity index (χ1n) is 5.67. The van der Waals surface area contributed by atoms with Crippen LogP contribution in [0.2, 0.25) is 5.02 Å². The van der Waals surface area contributed by atoms with Crippen LogP contribution in [0.1, 0.15) is 11.6 Å². The van der Waals surface area contributed by atoms with E-state index >= 15 is 0 Å². The summed E-state index contributed by atoms with van der Waals surface area (Å²) in [6.45, 7) is 0. The summed E-state index contributed by atoms with van der Waals surface area (Å²) in [7, 11) is 0. The summed E-state index contributed by atoms with van der Waals surface area (Å²) < 4.78 is 1.67. The fraction of sp³-hybridized carbons (Fsp3) is 0.0714. The molecular formula is C14H10Br2ClNO2. The van der Waals surface area contributed by atoms with Gasteiger partial charge in [-0.3, -0.25) is 0 Å². The number of benzene rings is 2. The number of hydrogen-bond donors (Lipinski definition) is 2. The highest BCUT2D eigenvalue weighted by molar-refractivity contribution is 9.13. The lowest BCUT2D eigenvalue weighted by Gasteiger charge is -2.17. The van der Waals surface area contributed by atoms with Crippen molar-refractivity contribution >= 4 is 55.1 Å². The molecule has 2 aromatic rings. The van der Waals surface area contributed by atoms with Gasteiger partial charge in [-0.2, -0.15) is 0 Å². The van der Waals surface area contributed by atoms with Crippen molar-refractivity contribution in [2.24, 2.45) is 0 Å². The van der Waals surface area contributed by atoms with Crippen molar-refractivity contribution in [1.82, 2.24) is 0 Å². The molecule has 104 valence electrons. The number of nitrogens with one attached hydrogen (secondary N) is 1. The minimum absolute atomic E-state index is 0.552. The Morgan fingerprint density at radius 3 is 2.50 bits per heavy atom. The fourth-order valence-electron chi connectivity index (χ4n) is 1.72. The van der Waals surface area contributed by atoms with Crippen LogP contribution in [0.4, 0.5) is 5.69 Å². The van der Waals surface area contributed by atoms with E-state index in [0.29, 0.717) is 16.3 Å². The summed E-state index contributed by atoms with van der Waals surface area (Å²) >= 11 is 12.6.